The van der Waals surface area contributed by atoms with Gasteiger partial charge in [0.05, 0.1) is 0 Å². The first-order chi connectivity index (χ1) is 8.70. The molecule has 18 heavy (non-hydrogen) atoms. The quantitative estimate of drug-likeness (QED) is 0.826. The van der Waals surface area contributed by atoms with Crippen LogP contribution in [0.2, 0.25) is 0 Å². The highest BCUT2D eigenvalue weighted by molar-refractivity contribution is 5.57. The molecule has 1 aromatic carbocycles. The van der Waals surface area contributed by atoms with E-state index >= 15 is 0 Å². The van der Waals surface area contributed by atoms with Crippen LogP contribution in [-0.2, 0) is 6.42 Å². The van der Waals surface area contributed by atoms with Gasteiger partial charge in [-0.25, -0.2) is 4.39 Å². The molecule has 0 amide bonds. The van der Waals surface area contributed by atoms with Crippen LogP contribution in [0, 0.1) is 12.7 Å². The summed E-state index contributed by atoms with van der Waals surface area (Å²) in [5.41, 5.74) is 1.57. The molecule has 0 aliphatic rings. The standard InChI is InChI=1S/C13H16FN3O/c1-3-15-7-6-12-16-17-13(18-12)11-5-4-10(14)8-9(11)2/h4-5,8,15H,3,6-7H2,1-2H3. The summed E-state index contributed by atoms with van der Waals surface area (Å²) < 4.78 is 18.6. The zero-order valence-corrected chi connectivity index (χ0v) is 10.5. The van der Waals surface area contributed by atoms with Gasteiger partial charge < -0.3 is 9.73 Å². The van der Waals surface area contributed by atoms with Crippen molar-refractivity contribution in [1.82, 2.24) is 15.5 Å². The summed E-state index contributed by atoms with van der Waals surface area (Å²) in [5.74, 6) is 0.775. The van der Waals surface area contributed by atoms with Crippen molar-refractivity contribution < 1.29 is 8.81 Å². The SMILES string of the molecule is CCNCCc1nnc(-c2ccc(F)cc2C)o1. The van der Waals surface area contributed by atoms with E-state index in [2.05, 4.69) is 15.5 Å². The van der Waals surface area contributed by atoms with Gasteiger partial charge >= 0.3 is 0 Å². The lowest BCUT2D eigenvalue weighted by Crippen LogP contribution is -2.16. The van der Waals surface area contributed by atoms with Gasteiger partial charge in [-0.1, -0.05) is 6.92 Å². The van der Waals surface area contributed by atoms with E-state index in [-0.39, 0.29) is 5.82 Å². The number of hydrogen-bond donors (Lipinski definition) is 1. The molecule has 96 valence electrons. The predicted molar refractivity (Wildman–Crippen MR) is 66.7 cm³/mol. The zero-order chi connectivity index (χ0) is 13.0. The van der Waals surface area contributed by atoms with Gasteiger partial charge in [0.25, 0.3) is 0 Å². The van der Waals surface area contributed by atoms with Gasteiger partial charge in [-0.2, -0.15) is 0 Å². The molecule has 0 saturated heterocycles. The highest BCUT2D eigenvalue weighted by Gasteiger charge is 2.11. The highest BCUT2D eigenvalue weighted by Crippen LogP contribution is 2.22. The van der Waals surface area contributed by atoms with Gasteiger partial charge in [0, 0.05) is 18.5 Å². The summed E-state index contributed by atoms with van der Waals surface area (Å²) in [6.45, 7) is 5.58. The largest absolute Gasteiger partial charge is 0.421 e. The van der Waals surface area contributed by atoms with Gasteiger partial charge in [-0.05, 0) is 37.2 Å². The number of halogens is 1. The Bertz CT molecular complexity index is 525. The minimum Gasteiger partial charge on any atom is -0.421 e. The summed E-state index contributed by atoms with van der Waals surface area (Å²) in [6, 6.07) is 4.51. The fourth-order valence-electron chi connectivity index (χ4n) is 1.70. The molecule has 2 aromatic rings. The number of nitrogens with one attached hydrogen (secondary N) is 1. The average Bonchev–Trinajstić information content (AvgIpc) is 2.78. The van der Waals surface area contributed by atoms with Gasteiger partial charge in [0.2, 0.25) is 11.8 Å². The molecule has 0 saturated carbocycles. The Balaban J connectivity index is 2.13. The topological polar surface area (TPSA) is 51.0 Å². The van der Waals surface area contributed by atoms with Crippen LogP contribution >= 0.6 is 0 Å². The Morgan fingerprint density at radius 1 is 1.33 bits per heavy atom. The van der Waals surface area contributed by atoms with Crippen molar-refractivity contribution in [2.24, 2.45) is 0 Å². The van der Waals surface area contributed by atoms with Crippen LogP contribution in [0.15, 0.2) is 22.6 Å². The van der Waals surface area contributed by atoms with Crippen LogP contribution in [-0.4, -0.2) is 23.3 Å². The van der Waals surface area contributed by atoms with E-state index in [1.807, 2.05) is 13.8 Å². The van der Waals surface area contributed by atoms with Crippen molar-refractivity contribution in [1.29, 1.82) is 0 Å². The summed E-state index contributed by atoms with van der Waals surface area (Å²) in [6.07, 6.45) is 0.696. The van der Waals surface area contributed by atoms with E-state index in [0.717, 1.165) is 24.2 Å². The third kappa shape index (κ3) is 2.92. The first kappa shape index (κ1) is 12.7. The number of rotatable bonds is 5. The highest BCUT2D eigenvalue weighted by atomic mass is 19.1. The lowest BCUT2D eigenvalue weighted by atomic mass is 10.1. The predicted octanol–water partition coefficient (Wildman–Crippen LogP) is 2.34. The van der Waals surface area contributed by atoms with Crippen molar-refractivity contribution >= 4 is 0 Å². The maximum atomic E-state index is 13.0. The molecule has 4 nitrogen and oxygen atoms in total. The molecule has 5 heteroatoms. The van der Waals surface area contributed by atoms with E-state index in [4.69, 9.17) is 4.42 Å². The van der Waals surface area contributed by atoms with E-state index in [0.29, 0.717) is 18.2 Å². The summed E-state index contributed by atoms with van der Waals surface area (Å²) in [7, 11) is 0. The number of benzene rings is 1. The second-order valence-electron chi connectivity index (χ2n) is 4.06. The molecule has 0 spiro atoms. The van der Waals surface area contributed by atoms with Crippen LogP contribution in [0.25, 0.3) is 11.5 Å². The molecule has 1 aromatic heterocycles. The van der Waals surface area contributed by atoms with E-state index < -0.39 is 0 Å². The fraction of sp³-hybridized carbons (Fsp3) is 0.385. The maximum Gasteiger partial charge on any atom is 0.248 e. The second kappa shape index (κ2) is 5.73. The molecule has 1 N–H and O–H groups in total. The second-order valence-corrected chi connectivity index (χ2v) is 4.06. The molecule has 0 aliphatic carbocycles. The van der Waals surface area contributed by atoms with E-state index in [1.165, 1.54) is 12.1 Å². The fourth-order valence-corrected chi connectivity index (χ4v) is 1.70. The van der Waals surface area contributed by atoms with Crippen molar-refractivity contribution in [2.75, 3.05) is 13.1 Å². The number of aromatic nitrogens is 2. The minimum absolute atomic E-state index is 0.261. The monoisotopic (exact) mass is 249 g/mol. The smallest absolute Gasteiger partial charge is 0.248 e. The molecule has 0 radical (unpaired) electrons. The summed E-state index contributed by atoms with van der Waals surface area (Å²) in [4.78, 5) is 0. The summed E-state index contributed by atoms with van der Waals surface area (Å²) >= 11 is 0. The van der Waals surface area contributed by atoms with Crippen LogP contribution in [0.1, 0.15) is 18.4 Å². The van der Waals surface area contributed by atoms with Crippen molar-refractivity contribution in [2.45, 2.75) is 20.3 Å². The van der Waals surface area contributed by atoms with E-state index in [9.17, 15) is 4.39 Å². The lowest BCUT2D eigenvalue weighted by molar-refractivity contribution is 0.496. The summed E-state index contributed by atoms with van der Waals surface area (Å²) in [5, 5.41) is 11.2. The van der Waals surface area contributed by atoms with Gasteiger partial charge in [0.15, 0.2) is 0 Å². The molecular weight excluding hydrogens is 233 g/mol. The molecule has 0 aliphatic heterocycles. The lowest BCUT2D eigenvalue weighted by Gasteiger charge is -2.00. The Labute approximate surface area is 105 Å². The van der Waals surface area contributed by atoms with Crippen molar-refractivity contribution in [3.63, 3.8) is 0 Å². The van der Waals surface area contributed by atoms with Crippen LogP contribution in [0.3, 0.4) is 0 Å². The third-order valence-corrected chi connectivity index (χ3v) is 2.65. The van der Waals surface area contributed by atoms with Crippen LogP contribution in [0.4, 0.5) is 4.39 Å². The van der Waals surface area contributed by atoms with Gasteiger partial charge in [-0.3, -0.25) is 0 Å². The minimum atomic E-state index is -0.261. The molecule has 0 unspecified atom stereocenters. The number of aryl methyl sites for hydroxylation is 1. The Hall–Kier alpha value is -1.75. The van der Waals surface area contributed by atoms with Crippen LogP contribution in [0.5, 0.6) is 0 Å². The first-order valence-corrected chi connectivity index (χ1v) is 6.00. The van der Waals surface area contributed by atoms with Gasteiger partial charge in [0.1, 0.15) is 5.82 Å². The molecular formula is C13H16FN3O. The third-order valence-electron chi connectivity index (χ3n) is 2.65. The van der Waals surface area contributed by atoms with Crippen LogP contribution < -0.4 is 5.32 Å². The number of nitrogens with zero attached hydrogens (tertiary/aromatic N) is 2. The van der Waals surface area contributed by atoms with E-state index in [1.54, 1.807) is 6.07 Å². The van der Waals surface area contributed by atoms with Crippen molar-refractivity contribution in [3.8, 4) is 11.5 Å². The Morgan fingerprint density at radius 3 is 2.89 bits per heavy atom. The molecule has 1 heterocycles. The maximum absolute atomic E-state index is 13.0. The normalized spacial score (nSPS) is 10.8. The van der Waals surface area contributed by atoms with Crippen molar-refractivity contribution in [3.05, 3.63) is 35.5 Å². The van der Waals surface area contributed by atoms with Gasteiger partial charge in [-0.15, -0.1) is 10.2 Å². The molecule has 0 fully saturated rings. The first-order valence-electron chi connectivity index (χ1n) is 6.00. The molecule has 0 bridgehead atoms. The molecule has 0 atom stereocenters. The average molecular weight is 249 g/mol. The molecule has 2 rings (SSSR count). The number of hydrogen-bond acceptors (Lipinski definition) is 4. The number of likely N-dealkylation sites (N-methyl/N-ethyl adjacent to an activating group) is 1. The Kier molecular flexibility index (Phi) is 4.04. The Morgan fingerprint density at radius 2 is 2.17 bits per heavy atom. The zero-order valence-electron chi connectivity index (χ0n) is 10.5.